The van der Waals surface area contributed by atoms with Crippen molar-refractivity contribution in [1.29, 1.82) is 0 Å². The summed E-state index contributed by atoms with van der Waals surface area (Å²) < 4.78 is 2.07. The van der Waals surface area contributed by atoms with Crippen molar-refractivity contribution in [2.24, 2.45) is 4.99 Å². The van der Waals surface area contributed by atoms with Gasteiger partial charge in [-0.05, 0) is 44.0 Å². The number of hydrogen-bond donors (Lipinski definition) is 2. The zero-order valence-electron chi connectivity index (χ0n) is 19.5. The molecule has 0 saturated heterocycles. The highest BCUT2D eigenvalue weighted by Crippen LogP contribution is 2.09. The van der Waals surface area contributed by atoms with Crippen molar-refractivity contribution in [2.45, 2.75) is 45.9 Å². The molecule has 3 aromatic rings. The maximum atomic E-state index is 4.79. The number of aliphatic imine (C=N–C) groups is 1. The smallest absolute Gasteiger partial charge is 0.191 e. The maximum absolute atomic E-state index is 4.79. The second-order valence-corrected chi connectivity index (χ2v) is 8.22. The number of aromatic nitrogens is 2. The van der Waals surface area contributed by atoms with Crippen molar-refractivity contribution >= 4 is 5.96 Å². The third-order valence-corrected chi connectivity index (χ3v) is 5.56. The molecule has 0 aliphatic carbocycles. The van der Waals surface area contributed by atoms with Crippen LogP contribution in [0.5, 0.6) is 0 Å². The highest BCUT2D eigenvalue weighted by Gasteiger charge is 2.10. The second-order valence-electron chi connectivity index (χ2n) is 8.22. The van der Waals surface area contributed by atoms with Gasteiger partial charge in [0.05, 0.1) is 12.9 Å². The van der Waals surface area contributed by atoms with E-state index < -0.39 is 0 Å². The molecular weight excluding hydrogens is 396 g/mol. The van der Waals surface area contributed by atoms with Crippen LogP contribution in [-0.2, 0) is 19.6 Å². The van der Waals surface area contributed by atoms with Crippen molar-refractivity contribution in [2.75, 3.05) is 20.1 Å². The molecule has 170 valence electrons. The van der Waals surface area contributed by atoms with E-state index in [4.69, 9.17) is 4.99 Å². The maximum Gasteiger partial charge on any atom is 0.191 e. The van der Waals surface area contributed by atoms with Crippen LogP contribution in [0.1, 0.15) is 37.0 Å². The fourth-order valence-electron chi connectivity index (χ4n) is 3.58. The Morgan fingerprint density at radius 2 is 1.84 bits per heavy atom. The number of guanidine groups is 1. The lowest BCUT2D eigenvalue weighted by Crippen LogP contribution is -2.40. The molecule has 0 saturated carbocycles. The molecule has 1 aromatic heterocycles. The van der Waals surface area contributed by atoms with Gasteiger partial charge in [0.25, 0.3) is 0 Å². The number of nitrogens with zero attached hydrogens (tertiary/aromatic N) is 4. The van der Waals surface area contributed by atoms with Crippen molar-refractivity contribution in [3.8, 4) is 0 Å². The highest BCUT2D eigenvalue weighted by atomic mass is 15.2. The van der Waals surface area contributed by atoms with E-state index >= 15 is 0 Å². The molecule has 0 spiro atoms. The SMILES string of the molecule is CCNC(=NCc1cccc(Cn2ccnc2)c1)NCCC(C)N(C)Cc1ccccc1. The topological polar surface area (TPSA) is 57.5 Å². The first kappa shape index (κ1) is 23.5. The molecule has 1 atom stereocenters. The third kappa shape index (κ3) is 7.85. The Bertz CT molecular complexity index is 936. The molecule has 1 unspecified atom stereocenters. The van der Waals surface area contributed by atoms with Gasteiger partial charge in [-0.15, -0.1) is 0 Å². The predicted octanol–water partition coefficient (Wildman–Crippen LogP) is 3.90. The van der Waals surface area contributed by atoms with Crippen molar-refractivity contribution in [3.63, 3.8) is 0 Å². The average molecular weight is 433 g/mol. The standard InChI is InChI=1S/C26H36N6/c1-4-28-26(29-14-13-22(2)31(3)19-23-9-6-5-7-10-23)30-18-24-11-8-12-25(17-24)20-32-16-15-27-21-32/h5-12,15-17,21-22H,4,13-14,18-20H2,1-3H3,(H2,28,29,30). The van der Waals surface area contributed by atoms with Crippen molar-refractivity contribution < 1.29 is 0 Å². The molecule has 0 bridgehead atoms. The molecule has 0 aliphatic rings. The average Bonchev–Trinajstić information content (AvgIpc) is 3.31. The zero-order valence-corrected chi connectivity index (χ0v) is 19.5. The lowest BCUT2D eigenvalue weighted by Gasteiger charge is -2.25. The molecule has 6 heteroatoms. The van der Waals surface area contributed by atoms with Crippen LogP contribution < -0.4 is 10.6 Å². The predicted molar refractivity (Wildman–Crippen MR) is 133 cm³/mol. The monoisotopic (exact) mass is 432 g/mol. The van der Waals surface area contributed by atoms with E-state index in [1.165, 1.54) is 16.7 Å². The van der Waals surface area contributed by atoms with Crippen LogP contribution in [0.3, 0.4) is 0 Å². The van der Waals surface area contributed by atoms with Gasteiger partial charge in [-0.25, -0.2) is 9.98 Å². The number of rotatable bonds is 11. The van der Waals surface area contributed by atoms with E-state index in [2.05, 4.69) is 101 Å². The Hall–Kier alpha value is -3.12. The van der Waals surface area contributed by atoms with Crippen LogP contribution in [0.2, 0.25) is 0 Å². The van der Waals surface area contributed by atoms with Gasteiger partial charge in [0.2, 0.25) is 0 Å². The van der Waals surface area contributed by atoms with Crippen molar-refractivity contribution in [1.82, 2.24) is 25.1 Å². The summed E-state index contributed by atoms with van der Waals surface area (Å²) in [5, 5.41) is 6.85. The van der Waals surface area contributed by atoms with Crippen LogP contribution in [0.25, 0.3) is 0 Å². The summed E-state index contributed by atoms with van der Waals surface area (Å²) in [6, 6.07) is 19.7. The van der Waals surface area contributed by atoms with Gasteiger partial charge >= 0.3 is 0 Å². The number of nitrogens with one attached hydrogen (secondary N) is 2. The molecule has 32 heavy (non-hydrogen) atoms. The first-order valence-electron chi connectivity index (χ1n) is 11.4. The van der Waals surface area contributed by atoms with Gasteiger partial charge < -0.3 is 15.2 Å². The fraction of sp³-hybridized carbons (Fsp3) is 0.385. The molecular formula is C26H36N6. The van der Waals surface area contributed by atoms with E-state index in [0.717, 1.165) is 38.6 Å². The Kier molecular flexibility index (Phi) is 9.32. The van der Waals surface area contributed by atoms with Crippen LogP contribution in [0, 0.1) is 0 Å². The molecule has 0 aliphatic heterocycles. The zero-order chi connectivity index (χ0) is 22.6. The number of benzene rings is 2. The molecule has 0 amide bonds. The van der Waals surface area contributed by atoms with Gasteiger partial charge in [-0.1, -0.05) is 54.6 Å². The molecule has 3 rings (SSSR count). The molecule has 2 N–H and O–H groups in total. The minimum atomic E-state index is 0.477. The van der Waals surface area contributed by atoms with Gasteiger partial charge in [-0.2, -0.15) is 0 Å². The minimum Gasteiger partial charge on any atom is -0.357 e. The first-order valence-corrected chi connectivity index (χ1v) is 11.4. The van der Waals surface area contributed by atoms with Crippen LogP contribution in [0.15, 0.2) is 78.3 Å². The molecule has 6 nitrogen and oxygen atoms in total. The molecule has 2 aromatic carbocycles. The van der Waals surface area contributed by atoms with Crippen LogP contribution >= 0.6 is 0 Å². The molecule has 1 heterocycles. The molecule has 0 fully saturated rings. The number of imidazole rings is 1. The number of hydrogen-bond acceptors (Lipinski definition) is 3. The minimum absolute atomic E-state index is 0.477. The van der Waals surface area contributed by atoms with Gasteiger partial charge in [0.1, 0.15) is 0 Å². The molecule has 0 radical (unpaired) electrons. The van der Waals surface area contributed by atoms with E-state index in [9.17, 15) is 0 Å². The lowest BCUT2D eigenvalue weighted by atomic mass is 10.1. The van der Waals surface area contributed by atoms with E-state index in [1.54, 1.807) is 0 Å². The Morgan fingerprint density at radius 1 is 1.06 bits per heavy atom. The van der Waals surface area contributed by atoms with E-state index in [0.29, 0.717) is 12.6 Å². The highest BCUT2D eigenvalue weighted by molar-refractivity contribution is 5.79. The van der Waals surface area contributed by atoms with Gasteiger partial charge in [0, 0.05) is 44.6 Å². The summed E-state index contributed by atoms with van der Waals surface area (Å²) in [5.74, 6) is 0.866. The van der Waals surface area contributed by atoms with Crippen LogP contribution in [0.4, 0.5) is 0 Å². The van der Waals surface area contributed by atoms with Crippen LogP contribution in [-0.4, -0.2) is 46.6 Å². The third-order valence-electron chi connectivity index (χ3n) is 5.56. The summed E-state index contributed by atoms with van der Waals surface area (Å²) >= 11 is 0. The van der Waals surface area contributed by atoms with Gasteiger partial charge in [0.15, 0.2) is 5.96 Å². The normalized spacial score (nSPS) is 12.7. The summed E-state index contributed by atoms with van der Waals surface area (Å²) in [5.41, 5.74) is 3.81. The van der Waals surface area contributed by atoms with Gasteiger partial charge in [-0.3, -0.25) is 4.90 Å². The lowest BCUT2D eigenvalue weighted by molar-refractivity contribution is 0.238. The Balaban J connectivity index is 1.48. The van der Waals surface area contributed by atoms with Crippen molar-refractivity contribution in [3.05, 3.63) is 90.0 Å². The van der Waals surface area contributed by atoms with E-state index in [1.807, 2.05) is 18.7 Å². The largest absolute Gasteiger partial charge is 0.357 e. The van der Waals surface area contributed by atoms with E-state index in [-0.39, 0.29) is 0 Å². The second kappa shape index (κ2) is 12.7. The quantitative estimate of drug-likeness (QED) is 0.356. The summed E-state index contributed by atoms with van der Waals surface area (Å²) in [4.78, 5) is 11.3. The Morgan fingerprint density at radius 3 is 2.59 bits per heavy atom. The summed E-state index contributed by atoms with van der Waals surface area (Å²) in [6.45, 7) is 8.54. The fourth-order valence-corrected chi connectivity index (χ4v) is 3.58. The summed E-state index contributed by atoms with van der Waals surface area (Å²) in [7, 11) is 2.19. The first-order chi connectivity index (χ1) is 15.6. The summed E-state index contributed by atoms with van der Waals surface area (Å²) in [6.07, 6.45) is 6.68. The Labute approximate surface area is 192 Å².